The van der Waals surface area contributed by atoms with E-state index in [0.29, 0.717) is 6.54 Å². The van der Waals surface area contributed by atoms with E-state index in [1.165, 1.54) is 0 Å². The number of hydrogen-bond donors (Lipinski definition) is 1. The normalized spacial score (nSPS) is 10.2. The SMILES string of the molecule is O=C(NCCCn1cc[n+](CCCCBr)c1Cl)OCc1ccccc1.[Br-]. The lowest BCUT2D eigenvalue weighted by Crippen LogP contribution is -3.00. The van der Waals surface area contributed by atoms with Gasteiger partial charge in [0.1, 0.15) is 19.0 Å². The zero-order valence-electron chi connectivity index (χ0n) is 14.5. The van der Waals surface area contributed by atoms with Crippen LogP contribution in [0.25, 0.3) is 0 Å². The Hall–Kier alpha value is -1.05. The average Bonchev–Trinajstić information content (AvgIpc) is 2.98. The van der Waals surface area contributed by atoms with Gasteiger partial charge in [0.15, 0.2) is 0 Å². The number of imidazole rings is 1. The highest BCUT2D eigenvalue weighted by molar-refractivity contribution is 9.09. The van der Waals surface area contributed by atoms with Crippen LogP contribution in [0, 0.1) is 0 Å². The Morgan fingerprint density at radius 3 is 2.73 bits per heavy atom. The van der Waals surface area contributed by atoms with E-state index in [4.69, 9.17) is 16.3 Å². The van der Waals surface area contributed by atoms with Crippen molar-refractivity contribution in [3.05, 3.63) is 53.6 Å². The maximum atomic E-state index is 11.7. The second kappa shape index (κ2) is 13.2. The van der Waals surface area contributed by atoms with Crippen molar-refractivity contribution < 1.29 is 31.1 Å². The standard InChI is InChI=1S/C18H23BrClN3O2.BrH/c19-9-4-5-11-22-13-14-23(17(22)20)12-6-10-21-18(24)25-15-16-7-2-1-3-8-16;/h1-3,7-8,13-14H,4-6,9-12,15H2;1H. The molecule has 26 heavy (non-hydrogen) atoms. The minimum Gasteiger partial charge on any atom is -1.00 e. The van der Waals surface area contributed by atoms with E-state index in [2.05, 4.69) is 21.2 Å². The topological polar surface area (TPSA) is 47.1 Å². The van der Waals surface area contributed by atoms with E-state index in [9.17, 15) is 4.79 Å². The highest BCUT2D eigenvalue weighted by atomic mass is 79.9. The zero-order valence-corrected chi connectivity index (χ0v) is 18.5. The van der Waals surface area contributed by atoms with Crippen LogP contribution in [0.1, 0.15) is 24.8 Å². The minimum absolute atomic E-state index is 0. The Morgan fingerprint density at radius 1 is 1.23 bits per heavy atom. The van der Waals surface area contributed by atoms with Gasteiger partial charge in [-0.3, -0.25) is 0 Å². The van der Waals surface area contributed by atoms with Gasteiger partial charge in [0.2, 0.25) is 0 Å². The molecule has 0 atom stereocenters. The van der Waals surface area contributed by atoms with Crippen molar-refractivity contribution in [2.75, 3.05) is 11.9 Å². The molecule has 0 fully saturated rings. The lowest BCUT2D eigenvalue weighted by atomic mass is 10.2. The summed E-state index contributed by atoms with van der Waals surface area (Å²) in [6.45, 7) is 2.50. The number of carbonyl (C=O) groups excluding carboxylic acids is 1. The third kappa shape index (κ3) is 8.10. The molecule has 0 bridgehead atoms. The number of hydrogen-bond acceptors (Lipinski definition) is 2. The van der Waals surface area contributed by atoms with Crippen LogP contribution >= 0.6 is 27.5 Å². The van der Waals surface area contributed by atoms with Crippen LogP contribution < -0.4 is 26.9 Å². The fraction of sp³-hybridized carbons (Fsp3) is 0.444. The molecule has 0 aliphatic carbocycles. The molecule has 0 radical (unpaired) electrons. The van der Waals surface area contributed by atoms with Gasteiger partial charge >= 0.3 is 11.4 Å². The number of unbranched alkanes of at least 4 members (excludes halogenated alkanes) is 1. The van der Waals surface area contributed by atoms with Crippen LogP contribution in [0.2, 0.25) is 5.28 Å². The molecule has 0 aliphatic heterocycles. The van der Waals surface area contributed by atoms with Gasteiger partial charge in [0.25, 0.3) is 0 Å². The van der Waals surface area contributed by atoms with Gasteiger partial charge in [-0.05, 0) is 18.4 Å². The molecule has 1 aromatic carbocycles. The van der Waals surface area contributed by atoms with E-state index in [0.717, 1.165) is 48.5 Å². The van der Waals surface area contributed by atoms with E-state index in [-0.39, 0.29) is 23.6 Å². The predicted octanol–water partition coefficient (Wildman–Crippen LogP) is 0.925. The van der Waals surface area contributed by atoms with Crippen molar-refractivity contribution in [2.24, 2.45) is 0 Å². The van der Waals surface area contributed by atoms with Crippen LogP contribution in [0.3, 0.4) is 0 Å². The molecule has 0 unspecified atom stereocenters. The van der Waals surface area contributed by atoms with Gasteiger partial charge in [-0.25, -0.2) is 13.9 Å². The Morgan fingerprint density at radius 2 is 2.00 bits per heavy atom. The van der Waals surface area contributed by atoms with Crippen molar-refractivity contribution >= 4 is 33.6 Å². The second-order valence-electron chi connectivity index (χ2n) is 5.69. The molecular weight excluding hydrogens is 485 g/mol. The van der Waals surface area contributed by atoms with Gasteiger partial charge in [-0.2, -0.15) is 0 Å². The predicted molar refractivity (Wildman–Crippen MR) is 102 cm³/mol. The molecule has 2 aromatic rings. The lowest BCUT2D eigenvalue weighted by molar-refractivity contribution is -0.694. The van der Waals surface area contributed by atoms with Crippen LogP contribution in [-0.4, -0.2) is 22.5 Å². The Balaban J connectivity index is 0.00000338. The lowest BCUT2D eigenvalue weighted by Gasteiger charge is -2.06. The fourth-order valence-corrected chi connectivity index (χ4v) is 3.05. The Bertz CT molecular complexity index is 653. The number of rotatable bonds is 10. The first-order valence-corrected chi connectivity index (χ1v) is 9.95. The summed E-state index contributed by atoms with van der Waals surface area (Å²) < 4.78 is 9.21. The first-order valence-electron chi connectivity index (χ1n) is 8.45. The fourth-order valence-electron chi connectivity index (χ4n) is 2.37. The summed E-state index contributed by atoms with van der Waals surface area (Å²) in [4.78, 5) is 11.7. The second-order valence-corrected chi connectivity index (χ2v) is 6.82. The molecule has 0 aliphatic rings. The van der Waals surface area contributed by atoms with Gasteiger partial charge < -0.3 is 27.0 Å². The molecule has 5 nitrogen and oxygen atoms in total. The summed E-state index contributed by atoms with van der Waals surface area (Å²) in [5.41, 5.74) is 0.973. The summed E-state index contributed by atoms with van der Waals surface area (Å²) in [6, 6.07) is 9.62. The van der Waals surface area contributed by atoms with Crippen LogP contribution in [0.15, 0.2) is 42.7 Å². The Labute approximate surface area is 178 Å². The monoisotopic (exact) mass is 507 g/mol. The summed E-state index contributed by atoms with van der Waals surface area (Å²) in [6.07, 6.45) is 6.59. The zero-order chi connectivity index (χ0) is 17.9. The molecule has 0 saturated carbocycles. The van der Waals surface area contributed by atoms with Gasteiger partial charge in [-0.15, -0.1) is 0 Å². The number of alkyl carbamates (subject to hydrolysis) is 1. The largest absolute Gasteiger partial charge is 1.00 e. The Kier molecular flexibility index (Phi) is 11.6. The van der Waals surface area contributed by atoms with Crippen LogP contribution in [0.4, 0.5) is 4.79 Å². The molecule has 144 valence electrons. The first kappa shape index (κ1) is 23.0. The highest BCUT2D eigenvalue weighted by Gasteiger charge is 2.13. The molecule has 1 aromatic heterocycles. The third-order valence-corrected chi connectivity index (χ3v) is 4.74. The molecule has 0 saturated heterocycles. The quantitative estimate of drug-likeness (QED) is 0.294. The third-order valence-electron chi connectivity index (χ3n) is 3.74. The first-order chi connectivity index (χ1) is 12.2. The van der Waals surface area contributed by atoms with Crippen LogP contribution in [0.5, 0.6) is 0 Å². The van der Waals surface area contributed by atoms with E-state index < -0.39 is 6.09 Å². The number of nitrogens with one attached hydrogen (secondary N) is 1. The molecule has 2 rings (SSSR count). The van der Waals surface area contributed by atoms with Crippen molar-refractivity contribution in [2.45, 2.75) is 39.0 Å². The number of alkyl halides is 1. The molecule has 1 N–H and O–H groups in total. The van der Waals surface area contributed by atoms with Gasteiger partial charge in [-0.1, -0.05) is 46.3 Å². The number of aryl methyl sites for hydroxylation is 2. The van der Waals surface area contributed by atoms with Gasteiger partial charge in [0.05, 0.1) is 13.1 Å². The number of benzene rings is 1. The minimum atomic E-state index is -0.396. The van der Waals surface area contributed by atoms with Gasteiger partial charge in [0, 0.05) is 29.9 Å². The average molecular weight is 510 g/mol. The number of amides is 1. The van der Waals surface area contributed by atoms with Crippen molar-refractivity contribution in [1.82, 2.24) is 9.88 Å². The molecule has 1 heterocycles. The number of halogens is 3. The number of nitrogens with zero attached hydrogens (tertiary/aromatic N) is 2. The van der Waals surface area contributed by atoms with E-state index in [1.54, 1.807) is 0 Å². The maximum absolute atomic E-state index is 11.7. The molecule has 1 amide bonds. The number of ether oxygens (including phenoxy) is 1. The van der Waals surface area contributed by atoms with Crippen LogP contribution in [-0.2, 0) is 24.4 Å². The summed E-state index contributed by atoms with van der Waals surface area (Å²) in [5.74, 6) is 0. The highest BCUT2D eigenvalue weighted by Crippen LogP contribution is 2.06. The van der Waals surface area contributed by atoms with E-state index in [1.807, 2.05) is 51.9 Å². The summed E-state index contributed by atoms with van der Waals surface area (Å²) in [5, 5.41) is 4.50. The molecule has 0 spiro atoms. The van der Waals surface area contributed by atoms with Crippen molar-refractivity contribution in [3.63, 3.8) is 0 Å². The number of carbonyl (C=O) groups is 1. The van der Waals surface area contributed by atoms with Crippen molar-refractivity contribution in [3.8, 4) is 0 Å². The van der Waals surface area contributed by atoms with E-state index >= 15 is 0 Å². The summed E-state index contributed by atoms with van der Waals surface area (Å²) in [7, 11) is 0. The smallest absolute Gasteiger partial charge is 0.407 e. The maximum Gasteiger partial charge on any atom is 0.407 e. The molecule has 8 heteroatoms. The van der Waals surface area contributed by atoms with Crippen molar-refractivity contribution in [1.29, 1.82) is 0 Å². The summed E-state index contributed by atoms with van der Waals surface area (Å²) >= 11 is 9.80. The molecular formula is C18H24Br2ClN3O2. The number of aromatic nitrogens is 2.